The largest absolute Gasteiger partial charge is 0.456 e. The van der Waals surface area contributed by atoms with Crippen LogP contribution < -0.4 is 4.90 Å². The summed E-state index contributed by atoms with van der Waals surface area (Å²) in [5, 5.41) is 4.70. The van der Waals surface area contributed by atoms with Crippen molar-refractivity contribution in [2.75, 3.05) is 4.90 Å². The highest BCUT2D eigenvalue weighted by molar-refractivity contribution is 6.23. The lowest BCUT2D eigenvalue weighted by molar-refractivity contribution is 0.660. The molecule has 0 aliphatic heterocycles. The van der Waals surface area contributed by atoms with Gasteiger partial charge in [0.15, 0.2) is 0 Å². The standard InChI is InChI=1S/C49H35NO/c1-49(2)43-19-10-9-17-40(43)41-27-25-37(30-44(41)49)50(36-23-20-33(21-24-36)32-12-5-3-6-13-32)38-26-28-42-46(31-38)51-45-29-22-35-16-11-18-39(47(35)48(42)45)34-14-7-4-8-15-34/h3-31H,1-2H3. The molecule has 0 saturated carbocycles. The van der Waals surface area contributed by atoms with Gasteiger partial charge < -0.3 is 9.32 Å². The zero-order valence-corrected chi connectivity index (χ0v) is 28.6. The number of nitrogens with zero attached hydrogens (tertiary/aromatic N) is 1. The maximum absolute atomic E-state index is 6.71. The van der Waals surface area contributed by atoms with Crippen LogP contribution in [-0.2, 0) is 5.41 Å². The predicted octanol–water partition coefficient (Wildman–Crippen LogP) is 13.8. The fourth-order valence-electron chi connectivity index (χ4n) is 8.34. The average molecular weight is 654 g/mol. The molecule has 0 N–H and O–H groups in total. The van der Waals surface area contributed by atoms with Gasteiger partial charge in [-0.3, -0.25) is 0 Å². The summed E-state index contributed by atoms with van der Waals surface area (Å²) >= 11 is 0. The van der Waals surface area contributed by atoms with E-state index in [0.29, 0.717) is 0 Å². The molecule has 9 aromatic rings. The Balaban J connectivity index is 1.16. The minimum atomic E-state index is -0.106. The predicted molar refractivity (Wildman–Crippen MR) is 214 cm³/mol. The van der Waals surface area contributed by atoms with Crippen LogP contribution in [0.15, 0.2) is 180 Å². The van der Waals surface area contributed by atoms with Crippen LogP contribution in [0.3, 0.4) is 0 Å². The average Bonchev–Trinajstić information content (AvgIpc) is 3.67. The maximum atomic E-state index is 6.71. The molecular formula is C49H35NO. The second kappa shape index (κ2) is 11.3. The van der Waals surface area contributed by atoms with Crippen molar-refractivity contribution in [3.63, 3.8) is 0 Å². The molecular weight excluding hydrogens is 619 g/mol. The molecule has 2 nitrogen and oxygen atoms in total. The summed E-state index contributed by atoms with van der Waals surface area (Å²) in [5.74, 6) is 0. The first-order chi connectivity index (χ1) is 25.0. The van der Waals surface area contributed by atoms with Crippen LogP contribution >= 0.6 is 0 Å². The fraction of sp³-hybridized carbons (Fsp3) is 0.0612. The van der Waals surface area contributed by atoms with Crippen LogP contribution in [0.1, 0.15) is 25.0 Å². The topological polar surface area (TPSA) is 16.4 Å². The van der Waals surface area contributed by atoms with E-state index in [0.717, 1.165) is 39.0 Å². The summed E-state index contributed by atoms with van der Waals surface area (Å²) < 4.78 is 6.71. The lowest BCUT2D eigenvalue weighted by Gasteiger charge is -2.28. The van der Waals surface area contributed by atoms with E-state index in [-0.39, 0.29) is 5.41 Å². The summed E-state index contributed by atoms with van der Waals surface area (Å²) in [4.78, 5) is 2.37. The Morgan fingerprint density at radius 2 is 1.04 bits per heavy atom. The van der Waals surface area contributed by atoms with Gasteiger partial charge in [-0.2, -0.15) is 0 Å². The third-order valence-electron chi connectivity index (χ3n) is 10.9. The van der Waals surface area contributed by atoms with E-state index in [1.54, 1.807) is 0 Å². The van der Waals surface area contributed by atoms with Crippen LogP contribution in [0.5, 0.6) is 0 Å². The first kappa shape index (κ1) is 29.5. The summed E-state index contributed by atoms with van der Waals surface area (Å²) in [6.45, 7) is 4.68. The molecule has 0 fully saturated rings. The van der Waals surface area contributed by atoms with Gasteiger partial charge in [0.05, 0.1) is 0 Å². The molecule has 1 aromatic heterocycles. The Bertz CT molecular complexity index is 2760. The monoisotopic (exact) mass is 653 g/mol. The molecule has 1 heterocycles. The second-order valence-electron chi connectivity index (χ2n) is 14.1. The molecule has 8 aromatic carbocycles. The van der Waals surface area contributed by atoms with Gasteiger partial charge in [-0.15, -0.1) is 0 Å². The molecule has 0 radical (unpaired) electrons. The van der Waals surface area contributed by atoms with Gasteiger partial charge in [0, 0.05) is 44.7 Å². The molecule has 242 valence electrons. The van der Waals surface area contributed by atoms with Gasteiger partial charge >= 0.3 is 0 Å². The maximum Gasteiger partial charge on any atom is 0.137 e. The summed E-state index contributed by atoms with van der Waals surface area (Å²) in [6.07, 6.45) is 0. The van der Waals surface area contributed by atoms with E-state index in [4.69, 9.17) is 4.42 Å². The Morgan fingerprint density at radius 3 is 1.84 bits per heavy atom. The molecule has 0 spiro atoms. The quantitative estimate of drug-likeness (QED) is 0.184. The first-order valence-corrected chi connectivity index (χ1v) is 17.7. The fourth-order valence-corrected chi connectivity index (χ4v) is 8.34. The van der Waals surface area contributed by atoms with Crippen molar-refractivity contribution in [3.05, 3.63) is 187 Å². The van der Waals surface area contributed by atoms with Crippen LogP contribution in [-0.4, -0.2) is 0 Å². The highest BCUT2D eigenvalue weighted by atomic mass is 16.3. The number of rotatable bonds is 5. The molecule has 2 heteroatoms. The number of fused-ring (bicyclic) bond motifs is 8. The number of furan rings is 1. The lowest BCUT2D eigenvalue weighted by Crippen LogP contribution is -2.16. The van der Waals surface area contributed by atoms with Crippen LogP contribution in [0.4, 0.5) is 17.1 Å². The molecule has 51 heavy (non-hydrogen) atoms. The summed E-state index contributed by atoms with van der Waals surface area (Å²) in [5.41, 5.74) is 15.1. The van der Waals surface area contributed by atoms with Gasteiger partial charge in [-0.1, -0.05) is 141 Å². The number of hydrogen-bond acceptors (Lipinski definition) is 2. The highest BCUT2D eigenvalue weighted by Gasteiger charge is 2.35. The minimum Gasteiger partial charge on any atom is -0.456 e. The van der Waals surface area contributed by atoms with Crippen LogP contribution in [0, 0.1) is 0 Å². The number of anilines is 3. The zero-order valence-electron chi connectivity index (χ0n) is 28.6. The highest BCUT2D eigenvalue weighted by Crippen LogP contribution is 2.51. The van der Waals surface area contributed by atoms with Crippen LogP contribution in [0.25, 0.3) is 66.1 Å². The van der Waals surface area contributed by atoms with Crippen LogP contribution in [0.2, 0.25) is 0 Å². The van der Waals surface area contributed by atoms with E-state index < -0.39 is 0 Å². The van der Waals surface area contributed by atoms with Gasteiger partial charge in [-0.25, -0.2) is 0 Å². The Morgan fingerprint density at radius 1 is 0.412 bits per heavy atom. The molecule has 10 rings (SSSR count). The summed E-state index contributed by atoms with van der Waals surface area (Å²) in [6, 6.07) is 63.5. The van der Waals surface area contributed by atoms with E-state index >= 15 is 0 Å². The number of benzene rings is 8. The van der Waals surface area contributed by atoms with E-state index in [9.17, 15) is 0 Å². The molecule has 0 atom stereocenters. The van der Waals surface area contributed by atoms with E-state index in [1.165, 1.54) is 55.3 Å². The van der Waals surface area contributed by atoms with Crippen molar-refractivity contribution < 1.29 is 4.42 Å². The van der Waals surface area contributed by atoms with Crippen molar-refractivity contribution in [1.82, 2.24) is 0 Å². The first-order valence-electron chi connectivity index (χ1n) is 17.7. The lowest BCUT2D eigenvalue weighted by atomic mass is 9.82. The smallest absolute Gasteiger partial charge is 0.137 e. The molecule has 1 aliphatic carbocycles. The third kappa shape index (κ3) is 4.64. The van der Waals surface area contributed by atoms with Gasteiger partial charge in [0.1, 0.15) is 11.2 Å². The summed E-state index contributed by atoms with van der Waals surface area (Å²) in [7, 11) is 0. The van der Waals surface area contributed by atoms with E-state index in [1.807, 2.05) is 0 Å². The molecule has 0 saturated heterocycles. The van der Waals surface area contributed by atoms with Gasteiger partial charge in [0.25, 0.3) is 0 Å². The van der Waals surface area contributed by atoms with Crippen molar-refractivity contribution in [1.29, 1.82) is 0 Å². The SMILES string of the molecule is CC1(C)c2ccccc2-c2ccc(N(c3ccc(-c4ccccc4)cc3)c3ccc4c(c3)oc3ccc5cccc(-c6ccccc6)c5c34)cc21. The zero-order chi connectivity index (χ0) is 34.1. The number of hydrogen-bond donors (Lipinski definition) is 0. The van der Waals surface area contributed by atoms with Crippen molar-refractivity contribution >= 4 is 49.8 Å². The Kier molecular flexibility index (Phi) is 6.56. The molecule has 0 bridgehead atoms. The Labute approximate surface area is 297 Å². The van der Waals surface area contributed by atoms with E-state index in [2.05, 4.69) is 195 Å². The molecule has 0 amide bonds. The van der Waals surface area contributed by atoms with Gasteiger partial charge in [0.2, 0.25) is 0 Å². The second-order valence-corrected chi connectivity index (χ2v) is 14.1. The van der Waals surface area contributed by atoms with Gasteiger partial charge in [-0.05, 0) is 92.4 Å². The Hall–Kier alpha value is -6.38. The van der Waals surface area contributed by atoms with Crippen molar-refractivity contribution in [2.24, 2.45) is 0 Å². The van der Waals surface area contributed by atoms with Crippen molar-refractivity contribution in [2.45, 2.75) is 19.3 Å². The third-order valence-corrected chi connectivity index (χ3v) is 10.9. The molecule has 0 unspecified atom stereocenters. The molecule has 1 aliphatic rings. The normalized spacial score (nSPS) is 13.1. The van der Waals surface area contributed by atoms with Crippen molar-refractivity contribution in [3.8, 4) is 33.4 Å². The minimum absolute atomic E-state index is 0.106.